The van der Waals surface area contributed by atoms with Crippen LogP contribution in [0.5, 0.6) is 0 Å². The third kappa shape index (κ3) is 40.4. The summed E-state index contributed by atoms with van der Waals surface area (Å²) >= 11 is 0. The number of carboxylic acid groups (broad SMARTS) is 1. The van der Waals surface area contributed by atoms with Gasteiger partial charge >= 0.3 is 5.97 Å². The molecule has 0 aliphatic rings. The molecule has 1 N–H and O–H groups in total. The Morgan fingerprint density at radius 2 is 0.826 bits per heavy atom. The van der Waals surface area contributed by atoms with Crippen molar-refractivity contribution < 1.29 is 9.90 Å². The Labute approximate surface area is 289 Å². The van der Waals surface area contributed by atoms with Crippen LogP contribution in [-0.2, 0) is 4.79 Å². The predicted octanol–water partition coefficient (Wildman–Crippen LogP) is 14.2. The van der Waals surface area contributed by atoms with E-state index in [4.69, 9.17) is 5.11 Å². The first-order valence-electron chi connectivity index (χ1n) is 20.0. The summed E-state index contributed by atoms with van der Waals surface area (Å²) in [6.07, 6.45) is 55.7. The van der Waals surface area contributed by atoms with Crippen molar-refractivity contribution in [1.82, 2.24) is 4.90 Å². The molecular formula is C43H81NO2. The first kappa shape index (κ1) is 46.5. The maximum atomic E-state index is 10.3. The molecule has 270 valence electrons. The van der Waals surface area contributed by atoms with E-state index in [2.05, 4.69) is 37.8 Å². The second-order valence-electron chi connectivity index (χ2n) is 13.6. The number of carbonyl (C=O) groups is 1. The summed E-state index contributed by atoms with van der Waals surface area (Å²) in [5, 5.41) is 8.50. The smallest absolute Gasteiger partial charge is 0.320 e. The summed E-state index contributed by atoms with van der Waals surface area (Å²) in [6.45, 7) is 7.83. The second kappa shape index (κ2) is 41.4. The Hall–Kier alpha value is -1.61. The van der Waals surface area contributed by atoms with Crippen LogP contribution in [0.4, 0.5) is 0 Å². The number of unbranched alkanes of at least 4 members (excludes halogenated alkanes) is 27. The molecule has 0 aromatic carbocycles. The topological polar surface area (TPSA) is 40.5 Å². The SMILES string of the molecule is C=CC=CC=CC=CCCCCCCCCCCCCCCCCCCCCCCCCCCCCC.CCC(C(=O)O)N(C)C. The van der Waals surface area contributed by atoms with Gasteiger partial charge in [0.1, 0.15) is 6.04 Å². The van der Waals surface area contributed by atoms with Gasteiger partial charge in [0.2, 0.25) is 0 Å². The lowest BCUT2D eigenvalue weighted by atomic mass is 10.0. The van der Waals surface area contributed by atoms with Gasteiger partial charge in [0.05, 0.1) is 0 Å². The molecule has 0 bridgehead atoms. The molecule has 3 nitrogen and oxygen atoms in total. The van der Waals surface area contributed by atoms with E-state index in [1.165, 1.54) is 180 Å². The van der Waals surface area contributed by atoms with Gasteiger partial charge in [-0.1, -0.05) is 230 Å². The van der Waals surface area contributed by atoms with Gasteiger partial charge in [-0.25, -0.2) is 0 Å². The quantitative estimate of drug-likeness (QED) is 0.0560. The maximum Gasteiger partial charge on any atom is 0.320 e. The average Bonchev–Trinajstić information content (AvgIpc) is 3.03. The van der Waals surface area contributed by atoms with Crippen molar-refractivity contribution in [2.75, 3.05) is 14.1 Å². The Morgan fingerprint density at radius 3 is 1.09 bits per heavy atom. The molecular weight excluding hydrogens is 562 g/mol. The van der Waals surface area contributed by atoms with Gasteiger partial charge in [0.15, 0.2) is 0 Å². The zero-order valence-corrected chi connectivity index (χ0v) is 31.6. The number of aliphatic carboxylic acids is 1. The number of nitrogens with zero attached hydrogens (tertiary/aromatic N) is 1. The van der Waals surface area contributed by atoms with Gasteiger partial charge in [0.25, 0.3) is 0 Å². The highest BCUT2D eigenvalue weighted by Gasteiger charge is 2.15. The third-order valence-electron chi connectivity index (χ3n) is 8.99. The zero-order chi connectivity index (χ0) is 34.2. The number of likely N-dealkylation sites (N-methyl/N-ethyl adjacent to an activating group) is 1. The van der Waals surface area contributed by atoms with E-state index >= 15 is 0 Å². The highest BCUT2D eigenvalue weighted by molar-refractivity contribution is 5.73. The maximum absolute atomic E-state index is 10.3. The lowest BCUT2D eigenvalue weighted by Crippen LogP contribution is -2.34. The van der Waals surface area contributed by atoms with Crippen LogP contribution in [0.15, 0.2) is 49.1 Å². The monoisotopic (exact) mass is 644 g/mol. The molecule has 0 aliphatic heterocycles. The largest absolute Gasteiger partial charge is 0.480 e. The fourth-order valence-electron chi connectivity index (χ4n) is 5.96. The molecule has 3 heteroatoms. The molecule has 0 aromatic heterocycles. The summed E-state index contributed by atoms with van der Waals surface area (Å²) in [7, 11) is 3.53. The molecule has 0 saturated carbocycles. The van der Waals surface area contributed by atoms with Crippen LogP contribution < -0.4 is 0 Å². The summed E-state index contributed by atoms with van der Waals surface area (Å²) in [5.41, 5.74) is 0. The fraction of sp³-hybridized carbons (Fsp3) is 0.791. The number of carboxylic acids is 1. The molecule has 0 spiro atoms. The van der Waals surface area contributed by atoms with Crippen LogP contribution in [0.25, 0.3) is 0 Å². The summed E-state index contributed by atoms with van der Waals surface area (Å²) < 4.78 is 0. The highest BCUT2D eigenvalue weighted by Crippen LogP contribution is 2.16. The zero-order valence-electron chi connectivity index (χ0n) is 31.6. The van der Waals surface area contributed by atoms with E-state index in [9.17, 15) is 4.79 Å². The van der Waals surface area contributed by atoms with Crippen molar-refractivity contribution in [3.05, 3.63) is 49.1 Å². The molecule has 0 fully saturated rings. The van der Waals surface area contributed by atoms with Crippen LogP contribution >= 0.6 is 0 Å². The van der Waals surface area contributed by atoms with Gasteiger partial charge in [-0.15, -0.1) is 0 Å². The molecule has 0 amide bonds. The molecule has 0 aliphatic carbocycles. The van der Waals surface area contributed by atoms with Gasteiger partial charge < -0.3 is 5.11 Å². The van der Waals surface area contributed by atoms with Crippen molar-refractivity contribution in [2.45, 2.75) is 206 Å². The average molecular weight is 644 g/mol. The molecule has 0 aromatic rings. The minimum atomic E-state index is -0.748. The Kier molecular flexibility index (Phi) is 41.9. The fourth-order valence-corrected chi connectivity index (χ4v) is 5.96. The number of hydrogen-bond acceptors (Lipinski definition) is 2. The van der Waals surface area contributed by atoms with E-state index in [0.29, 0.717) is 6.42 Å². The first-order chi connectivity index (χ1) is 22.5. The van der Waals surface area contributed by atoms with Gasteiger partial charge in [-0.3, -0.25) is 9.69 Å². The van der Waals surface area contributed by atoms with E-state index in [1.54, 1.807) is 25.1 Å². The predicted molar refractivity (Wildman–Crippen MR) is 208 cm³/mol. The molecule has 1 atom stereocenters. The minimum absolute atomic E-state index is 0.329. The Bertz CT molecular complexity index is 693. The van der Waals surface area contributed by atoms with Crippen LogP contribution in [0.3, 0.4) is 0 Å². The van der Waals surface area contributed by atoms with Gasteiger partial charge in [-0.05, 0) is 33.4 Å². The van der Waals surface area contributed by atoms with Crippen molar-refractivity contribution in [3.63, 3.8) is 0 Å². The summed E-state index contributed by atoms with van der Waals surface area (Å²) in [5.74, 6) is -0.748. The lowest BCUT2D eigenvalue weighted by molar-refractivity contribution is -0.142. The number of rotatable bonds is 34. The highest BCUT2D eigenvalue weighted by atomic mass is 16.4. The first-order valence-corrected chi connectivity index (χ1v) is 20.0. The van der Waals surface area contributed by atoms with E-state index in [-0.39, 0.29) is 6.04 Å². The van der Waals surface area contributed by atoms with E-state index in [0.717, 1.165) is 0 Å². The Balaban J connectivity index is 0. The lowest BCUT2D eigenvalue weighted by Gasteiger charge is -2.17. The summed E-state index contributed by atoms with van der Waals surface area (Å²) in [4.78, 5) is 12.0. The van der Waals surface area contributed by atoms with E-state index < -0.39 is 5.97 Å². The van der Waals surface area contributed by atoms with Crippen LogP contribution in [0.1, 0.15) is 200 Å². The third-order valence-corrected chi connectivity index (χ3v) is 8.99. The van der Waals surface area contributed by atoms with Crippen molar-refractivity contribution in [3.8, 4) is 0 Å². The molecule has 0 saturated heterocycles. The summed E-state index contributed by atoms with van der Waals surface area (Å²) in [6, 6.07) is -0.329. The van der Waals surface area contributed by atoms with Crippen LogP contribution in [0, 0.1) is 0 Å². The molecule has 46 heavy (non-hydrogen) atoms. The standard InChI is InChI=1S/C37H68.C6H13NO2/c1-3-5-7-9-11-13-15-17-19-21-23-25-27-29-31-33-35-37-36-34-32-30-28-26-24-22-20-18-16-14-12-10-8-6-4-2;1-4-5(6(8)9)7(2)3/h3,5,7,9,11,13,15H,1,4,6,8,10,12,14,16-37H2,2H3;5H,4H2,1-3H3,(H,8,9). The molecule has 0 radical (unpaired) electrons. The normalized spacial score (nSPS) is 12.4. The minimum Gasteiger partial charge on any atom is -0.480 e. The van der Waals surface area contributed by atoms with Crippen molar-refractivity contribution in [1.29, 1.82) is 0 Å². The van der Waals surface area contributed by atoms with Crippen molar-refractivity contribution >= 4 is 5.97 Å². The van der Waals surface area contributed by atoms with Crippen molar-refractivity contribution in [2.24, 2.45) is 0 Å². The van der Waals surface area contributed by atoms with Crippen LogP contribution in [-0.4, -0.2) is 36.1 Å². The van der Waals surface area contributed by atoms with Crippen LogP contribution in [0.2, 0.25) is 0 Å². The second-order valence-corrected chi connectivity index (χ2v) is 13.6. The van der Waals surface area contributed by atoms with Gasteiger partial charge in [-0.2, -0.15) is 0 Å². The van der Waals surface area contributed by atoms with E-state index in [1.807, 2.05) is 19.1 Å². The Morgan fingerprint density at radius 1 is 0.522 bits per heavy atom. The number of allylic oxidation sites excluding steroid dienone is 7. The number of hydrogen-bond donors (Lipinski definition) is 1. The van der Waals surface area contributed by atoms with Gasteiger partial charge in [0, 0.05) is 0 Å². The molecule has 1 unspecified atom stereocenters. The molecule has 0 rings (SSSR count). The molecule has 0 heterocycles.